The molecule has 2 aromatic heterocycles. The van der Waals surface area contributed by atoms with Crippen LogP contribution in [0.15, 0.2) is 36.7 Å². The van der Waals surface area contributed by atoms with Gasteiger partial charge in [-0.3, -0.25) is 0 Å². The number of nitrogens with one attached hydrogen (secondary N) is 1. The summed E-state index contributed by atoms with van der Waals surface area (Å²) in [6, 6.07) is 9.69. The third-order valence-corrected chi connectivity index (χ3v) is 3.51. The molecule has 1 N–H and O–H groups in total. The van der Waals surface area contributed by atoms with Crippen molar-refractivity contribution in [3.63, 3.8) is 0 Å². The van der Waals surface area contributed by atoms with Crippen LogP contribution in [0.3, 0.4) is 0 Å². The fourth-order valence-corrected chi connectivity index (χ4v) is 2.29. The van der Waals surface area contributed by atoms with Crippen molar-refractivity contribution in [3.8, 4) is 6.07 Å². The summed E-state index contributed by atoms with van der Waals surface area (Å²) in [5.41, 5.74) is 1.70. The van der Waals surface area contributed by atoms with E-state index in [0.717, 1.165) is 43.5 Å². The van der Waals surface area contributed by atoms with Gasteiger partial charge in [-0.05, 0) is 29.8 Å². The second-order valence-electron chi connectivity index (χ2n) is 5.02. The number of nitrogens with zero attached hydrogens (tertiary/aromatic N) is 4. The molecule has 6 heteroatoms. The van der Waals surface area contributed by atoms with E-state index in [9.17, 15) is 0 Å². The summed E-state index contributed by atoms with van der Waals surface area (Å²) in [5.74, 6) is 1.74. The van der Waals surface area contributed by atoms with Crippen LogP contribution in [-0.2, 0) is 11.3 Å². The van der Waals surface area contributed by atoms with Gasteiger partial charge in [-0.25, -0.2) is 9.97 Å². The number of pyridine rings is 2. The standard InChI is InChI=1S/C16H17N5O/c17-10-14-1-2-15(20-12-14)19-11-13-3-4-18-16(9-13)21-5-7-22-8-6-21/h1-4,9,12H,5-8,11H2,(H,19,20). The molecule has 2 aromatic rings. The Balaban J connectivity index is 1.63. The normalized spacial score (nSPS) is 14.4. The molecule has 0 atom stereocenters. The summed E-state index contributed by atoms with van der Waals surface area (Å²) in [6.07, 6.45) is 3.39. The molecular formula is C16H17N5O. The summed E-state index contributed by atoms with van der Waals surface area (Å²) in [7, 11) is 0. The van der Waals surface area contributed by atoms with Crippen molar-refractivity contribution >= 4 is 11.6 Å². The predicted molar refractivity (Wildman–Crippen MR) is 83.5 cm³/mol. The fraction of sp³-hybridized carbons (Fsp3) is 0.312. The van der Waals surface area contributed by atoms with Crippen molar-refractivity contribution in [3.05, 3.63) is 47.8 Å². The van der Waals surface area contributed by atoms with Gasteiger partial charge < -0.3 is 15.0 Å². The van der Waals surface area contributed by atoms with E-state index in [-0.39, 0.29) is 0 Å². The smallest absolute Gasteiger partial charge is 0.128 e. The molecule has 1 fully saturated rings. The largest absolute Gasteiger partial charge is 0.378 e. The summed E-state index contributed by atoms with van der Waals surface area (Å²) < 4.78 is 5.36. The van der Waals surface area contributed by atoms with Gasteiger partial charge >= 0.3 is 0 Å². The first-order chi connectivity index (χ1) is 10.8. The van der Waals surface area contributed by atoms with E-state index in [1.54, 1.807) is 12.3 Å². The molecule has 0 bridgehead atoms. The Morgan fingerprint density at radius 2 is 2.09 bits per heavy atom. The summed E-state index contributed by atoms with van der Waals surface area (Å²) >= 11 is 0. The van der Waals surface area contributed by atoms with Crippen molar-refractivity contribution in [1.82, 2.24) is 9.97 Å². The van der Waals surface area contributed by atoms with Gasteiger partial charge in [0, 0.05) is 32.0 Å². The zero-order valence-electron chi connectivity index (χ0n) is 12.2. The SMILES string of the molecule is N#Cc1ccc(NCc2ccnc(N3CCOCC3)c2)nc1. The second kappa shape index (κ2) is 6.87. The summed E-state index contributed by atoms with van der Waals surface area (Å²) in [5, 5.41) is 12.0. The minimum absolute atomic E-state index is 0.559. The van der Waals surface area contributed by atoms with Gasteiger partial charge in [0.15, 0.2) is 0 Å². The molecule has 6 nitrogen and oxygen atoms in total. The lowest BCUT2D eigenvalue weighted by Crippen LogP contribution is -2.36. The topological polar surface area (TPSA) is 74.1 Å². The van der Waals surface area contributed by atoms with Crippen molar-refractivity contribution < 1.29 is 4.74 Å². The zero-order valence-corrected chi connectivity index (χ0v) is 12.2. The molecule has 0 aliphatic carbocycles. The molecule has 1 saturated heterocycles. The highest BCUT2D eigenvalue weighted by molar-refractivity contribution is 5.44. The van der Waals surface area contributed by atoms with Gasteiger partial charge in [0.2, 0.25) is 0 Å². The second-order valence-corrected chi connectivity index (χ2v) is 5.02. The Hall–Kier alpha value is -2.65. The lowest BCUT2D eigenvalue weighted by Gasteiger charge is -2.28. The van der Waals surface area contributed by atoms with Gasteiger partial charge in [0.1, 0.15) is 17.7 Å². The van der Waals surface area contributed by atoms with Crippen LogP contribution in [0.2, 0.25) is 0 Å². The van der Waals surface area contributed by atoms with E-state index in [2.05, 4.69) is 32.3 Å². The summed E-state index contributed by atoms with van der Waals surface area (Å²) in [6.45, 7) is 3.92. The van der Waals surface area contributed by atoms with Crippen molar-refractivity contribution in [2.24, 2.45) is 0 Å². The van der Waals surface area contributed by atoms with E-state index in [4.69, 9.17) is 10.00 Å². The van der Waals surface area contributed by atoms with Gasteiger partial charge in [-0.1, -0.05) is 0 Å². The lowest BCUT2D eigenvalue weighted by atomic mass is 10.2. The Morgan fingerprint density at radius 1 is 1.23 bits per heavy atom. The highest BCUT2D eigenvalue weighted by Crippen LogP contribution is 2.15. The molecule has 22 heavy (non-hydrogen) atoms. The van der Waals surface area contributed by atoms with Crippen LogP contribution in [0.5, 0.6) is 0 Å². The number of morpholine rings is 1. The first-order valence-electron chi connectivity index (χ1n) is 7.23. The molecule has 1 aliphatic heterocycles. The third kappa shape index (κ3) is 3.51. The molecule has 0 unspecified atom stereocenters. The minimum atomic E-state index is 0.559. The number of aromatic nitrogens is 2. The van der Waals surface area contributed by atoms with Crippen LogP contribution < -0.4 is 10.2 Å². The monoisotopic (exact) mass is 295 g/mol. The third-order valence-electron chi connectivity index (χ3n) is 3.51. The first-order valence-corrected chi connectivity index (χ1v) is 7.23. The van der Waals surface area contributed by atoms with Crippen LogP contribution in [0.4, 0.5) is 11.6 Å². The van der Waals surface area contributed by atoms with E-state index in [0.29, 0.717) is 12.1 Å². The molecule has 3 rings (SSSR count). The van der Waals surface area contributed by atoms with Crippen molar-refractivity contribution in [1.29, 1.82) is 5.26 Å². The maximum absolute atomic E-state index is 8.76. The lowest BCUT2D eigenvalue weighted by molar-refractivity contribution is 0.122. The molecule has 0 radical (unpaired) electrons. The molecule has 3 heterocycles. The zero-order chi connectivity index (χ0) is 15.2. The Kier molecular flexibility index (Phi) is 4.47. The quantitative estimate of drug-likeness (QED) is 0.927. The minimum Gasteiger partial charge on any atom is -0.378 e. The number of ether oxygens (including phenoxy) is 1. The molecule has 0 saturated carbocycles. The Labute approximate surface area is 129 Å². The Bertz CT molecular complexity index is 659. The first kappa shape index (κ1) is 14.3. The van der Waals surface area contributed by atoms with E-state index in [1.807, 2.05) is 18.3 Å². The number of rotatable bonds is 4. The van der Waals surface area contributed by atoms with E-state index < -0.39 is 0 Å². The molecule has 0 spiro atoms. The highest BCUT2D eigenvalue weighted by atomic mass is 16.5. The van der Waals surface area contributed by atoms with Crippen LogP contribution >= 0.6 is 0 Å². The van der Waals surface area contributed by atoms with Crippen molar-refractivity contribution in [2.75, 3.05) is 36.5 Å². The Morgan fingerprint density at radius 3 is 2.82 bits per heavy atom. The average molecular weight is 295 g/mol. The van der Waals surface area contributed by atoms with Crippen LogP contribution in [0, 0.1) is 11.3 Å². The molecule has 0 aromatic carbocycles. The van der Waals surface area contributed by atoms with Crippen LogP contribution in [0.1, 0.15) is 11.1 Å². The van der Waals surface area contributed by atoms with E-state index >= 15 is 0 Å². The average Bonchev–Trinajstić information content (AvgIpc) is 2.61. The predicted octanol–water partition coefficient (Wildman–Crippen LogP) is 1.80. The summed E-state index contributed by atoms with van der Waals surface area (Å²) in [4.78, 5) is 10.9. The number of nitriles is 1. The van der Waals surface area contributed by atoms with Gasteiger partial charge in [0.05, 0.1) is 18.8 Å². The molecule has 1 aliphatic rings. The maximum Gasteiger partial charge on any atom is 0.128 e. The molecule has 112 valence electrons. The maximum atomic E-state index is 8.76. The number of hydrogen-bond acceptors (Lipinski definition) is 6. The number of anilines is 2. The number of hydrogen-bond donors (Lipinski definition) is 1. The van der Waals surface area contributed by atoms with Gasteiger partial charge in [-0.15, -0.1) is 0 Å². The highest BCUT2D eigenvalue weighted by Gasteiger charge is 2.12. The fourth-order valence-electron chi connectivity index (χ4n) is 2.29. The van der Waals surface area contributed by atoms with Gasteiger partial charge in [-0.2, -0.15) is 5.26 Å². The van der Waals surface area contributed by atoms with Crippen molar-refractivity contribution in [2.45, 2.75) is 6.54 Å². The van der Waals surface area contributed by atoms with Crippen LogP contribution in [0.25, 0.3) is 0 Å². The van der Waals surface area contributed by atoms with E-state index in [1.165, 1.54) is 0 Å². The molecular weight excluding hydrogens is 278 g/mol. The molecule has 0 amide bonds. The van der Waals surface area contributed by atoms with Crippen LogP contribution in [-0.4, -0.2) is 36.3 Å². The van der Waals surface area contributed by atoms with Gasteiger partial charge in [0.25, 0.3) is 0 Å².